The van der Waals surface area contributed by atoms with E-state index in [-0.39, 0.29) is 11.2 Å². The summed E-state index contributed by atoms with van der Waals surface area (Å²) in [6.45, 7) is 6.26. The number of carboxylic acids is 1. The molecule has 3 N–H and O–H groups in total. The number of hydrogen-bond donors (Lipinski definition) is 3. The lowest BCUT2D eigenvalue weighted by Crippen LogP contribution is -2.56. The minimum absolute atomic E-state index is 0.0612. The Morgan fingerprint density at radius 1 is 1.53 bits per heavy atom. The van der Waals surface area contributed by atoms with Crippen LogP contribution in [0.3, 0.4) is 0 Å². The Hall–Kier alpha value is -0.260. The van der Waals surface area contributed by atoms with E-state index in [9.17, 15) is 15.0 Å². The molecule has 0 heterocycles. The lowest BCUT2D eigenvalue weighted by Gasteiger charge is -2.31. The Morgan fingerprint density at radius 2 is 2.12 bits per heavy atom. The number of hydrogen-bond acceptors (Lipinski definition) is 4. The van der Waals surface area contributed by atoms with E-state index < -0.39 is 17.6 Å². The second-order valence-corrected chi connectivity index (χ2v) is 6.20. The first-order valence-electron chi connectivity index (χ1n) is 6.22. The summed E-state index contributed by atoms with van der Waals surface area (Å²) >= 11 is 1.53. The number of carbonyl (C=O) groups is 1. The van der Waals surface area contributed by atoms with Gasteiger partial charge in [0.05, 0.1) is 6.10 Å². The van der Waals surface area contributed by atoms with Crippen LogP contribution in [0.25, 0.3) is 0 Å². The molecule has 3 atom stereocenters. The van der Waals surface area contributed by atoms with Gasteiger partial charge in [0.2, 0.25) is 0 Å². The second-order valence-electron chi connectivity index (χ2n) is 4.84. The summed E-state index contributed by atoms with van der Waals surface area (Å²) < 4.78 is 0. The number of aliphatic hydroxyl groups is 1. The fourth-order valence-corrected chi connectivity index (χ4v) is 3.18. The second kappa shape index (κ2) is 6.07. The highest BCUT2D eigenvalue weighted by Gasteiger charge is 2.50. The third kappa shape index (κ3) is 3.60. The quantitative estimate of drug-likeness (QED) is 0.615. The van der Waals surface area contributed by atoms with Crippen molar-refractivity contribution in [3.05, 3.63) is 0 Å². The molecule has 1 saturated carbocycles. The molecule has 3 unspecified atom stereocenters. The van der Waals surface area contributed by atoms with Crippen molar-refractivity contribution in [2.75, 3.05) is 12.3 Å². The molecule has 0 bridgehead atoms. The summed E-state index contributed by atoms with van der Waals surface area (Å²) in [5.74, 6) is 0.00759. The molecule has 1 fully saturated rings. The summed E-state index contributed by atoms with van der Waals surface area (Å²) in [7, 11) is 0. The van der Waals surface area contributed by atoms with Crippen LogP contribution in [0.15, 0.2) is 0 Å². The molecule has 0 aromatic rings. The summed E-state index contributed by atoms with van der Waals surface area (Å²) in [5.41, 5.74) is -0.803. The number of thioether (sulfide) groups is 1. The molecule has 0 radical (unpaired) electrons. The predicted molar refractivity (Wildman–Crippen MR) is 70.4 cm³/mol. The third-order valence-corrected chi connectivity index (χ3v) is 4.94. The molecule has 100 valence electrons. The van der Waals surface area contributed by atoms with Gasteiger partial charge in [-0.3, -0.25) is 4.79 Å². The molecular formula is C12H23NO3S. The molecule has 1 rings (SSSR count). The van der Waals surface area contributed by atoms with E-state index in [0.29, 0.717) is 12.3 Å². The van der Waals surface area contributed by atoms with Gasteiger partial charge in [-0.25, -0.2) is 0 Å². The monoisotopic (exact) mass is 261 g/mol. The zero-order chi connectivity index (χ0) is 13.1. The number of rotatable bonds is 8. The lowest BCUT2D eigenvalue weighted by molar-refractivity contribution is -0.144. The number of aliphatic carboxylic acids is 1. The van der Waals surface area contributed by atoms with Gasteiger partial charge in [0, 0.05) is 11.0 Å². The molecule has 0 saturated heterocycles. The molecular weight excluding hydrogens is 238 g/mol. The topological polar surface area (TPSA) is 69.6 Å². The van der Waals surface area contributed by atoms with Crippen molar-refractivity contribution in [3.63, 3.8) is 0 Å². The first-order valence-corrected chi connectivity index (χ1v) is 7.27. The Labute approximate surface area is 107 Å². The van der Waals surface area contributed by atoms with Crippen LogP contribution in [0.2, 0.25) is 0 Å². The maximum atomic E-state index is 11.5. The highest BCUT2D eigenvalue weighted by atomic mass is 32.2. The van der Waals surface area contributed by atoms with Crippen molar-refractivity contribution in [2.45, 2.75) is 50.5 Å². The van der Waals surface area contributed by atoms with Crippen molar-refractivity contribution in [1.82, 2.24) is 5.32 Å². The molecule has 0 aliphatic heterocycles. The van der Waals surface area contributed by atoms with Crippen LogP contribution in [0.4, 0.5) is 0 Å². The largest absolute Gasteiger partial charge is 0.480 e. The first-order chi connectivity index (χ1) is 7.94. The van der Waals surface area contributed by atoms with Gasteiger partial charge in [-0.1, -0.05) is 13.8 Å². The zero-order valence-electron chi connectivity index (χ0n) is 10.8. The standard InChI is InChI=1S/C12H23NO3S/c1-4-13-12(11(15)16,10-5-6-10)7-17-9(3)8(2)14/h8-10,13-14H,4-7H2,1-3H3,(H,15,16). The Morgan fingerprint density at radius 3 is 2.47 bits per heavy atom. The number of aliphatic hydroxyl groups excluding tert-OH is 1. The van der Waals surface area contributed by atoms with E-state index >= 15 is 0 Å². The molecule has 5 heteroatoms. The van der Waals surface area contributed by atoms with E-state index in [1.807, 2.05) is 13.8 Å². The molecule has 0 amide bonds. The average molecular weight is 261 g/mol. The van der Waals surface area contributed by atoms with Gasteiger partial charge in [-0.15, -0.1) is 0 Å². The molecule has 0 spiro atoms. The SMILES string of the molecule is CCNC(CSC(C)C(C)O)(C(=O)O)C1CC1. The van der Waals surface area contributed by atoms with E-state index in [0.717, 1.165) is 12.8 Å². The molecule has 4 nitrogen and oxygen atoms in total. The fourth-order valence-electron chi connectivity index (χ4n) is 1.92. The maximum absolute atomic E-state index is 11.5. The van der Waals surface area contributed by atoms with E-state index in [4.69, 9.17) is 0 Å². The van der Waals surface area contributed by atoms with Crippen molar-refractivity contribution in [2.24, 2.45) is 5.92 Å². The van der Waals surface area contributed by atoms with Gasteiger partial charge in [0.15, 0.2) is 0 Å². The van der Waals surface area contributed by atoms with Crippen LogP contribution in [0, 0.1) is 5.92 Å². The Balaban J connectivity index is 2.65. The van der Waals surface area contributed by atoms with Crippen molar-refractivity contribution < 1.29 is 15.0 Å². The molecule has 0 aromatic heterocycles. The van der Waals surface area contributed by atoms with Crippen LogP contribution in [0.5, 0.6) is 0 Å². The molecule has 1 aliphatic carbocycles. The van der Waals surface area contributed by atoms with Gasteiger partial charge in [0.1, 0.15) is 5.54 Å². The summed E-state index contributed by atoms with van der Waals surface area (Å²) in [6.07, 6.45) is 1.57. The minimum Gasteiger partial charge on any atom is -0.480 e. The van der Waals surface area contributed by atoms with Crippen LogP contribution in [-0.2, 0) is 4.79 Å². The normalized spacial score (nSPS) is 22.8. The van der Waals surface area contributed by atoms with Gasteiger partial charge in [-0.05, 0) is 32.2 Å². The van der Waals surface area contributed by atoms with Crippen LogP contribution >= 0.6 is 11.8 Å². The fraction of sp³-hybridized carbons (Fsp3) is 0.917. The summed E-state index contributed by atoms with van der Waals surface area (Å²) in [6, 6.07) is 0. The summed E-state index contributed by atoms with van der Waals surface area (Å²) in [5, 5.41) is 22.1. The van der Waals surface area contributed by atoms with Crippen molar-refractivity contribution in [3.8, 4) is 0 Å². The van der Waals surface area contributed by atoms with Crippen LogP contribution in [-0.4, -0.2) is 45.4 Å². The summed E-state index contributed by atoms with van der Waals surface area (Å²) in [4.78, 5) is 11.5. The van der Waals surface area contributed by atoms with E-state index in [2.05, 4.69) is 5.32 Å². The third-order valence-electron chi connectivity index (χ3n) is 3.40. The number of likely N-dealkylation sites (N-methyl/N-ethyl adjacent to an activating group) is 1. The van der Waals surface area contributed by atoms with Gasteiger partial charge in [-0.2, -0.15) is 11.8 Å². The van der Waals surface area contributed by atoms with Gasteiger partial charge >= 0.3 is 5.97 Å². The Kier molecular flexibility index (Phi) is 5.28. The predicted octanol–water partition coefficient (Wildman–Crippen LogP) is 1.33. The average Bonchev–Trinajstić information content (AvgIpc) is 3.07. The molecule has 1 aliphatic rings. The highest BCUT2D eigenvalue weighted by molar-refractivity contribution is 8.00. The van der Waals surface area contributed by atoms with E-state index in [1.54, 1.807) is 6.92 Å². The molecule has 0 aromatic carbocycles. The lowest BCUT2D eigenvalue weighted by atomic mass is 9.96. The zero-order valence-corrected chi connectivity index (χ0v) is 11.6. The minimum atomic E-state index is -0.803. The Bertz CT molecular complexity index is 268. The van der Waals surface area contributed by atoms with E-state index in [1.165, 1.54) is 11.8 Å². The van der Waals surface area contributed by atoms with Crippen LogP contribution < -0.4 is 5.32 Å². The first kappa shape index (κ1) is 14.8. The van der Waals surface area contributed by atoms with Gasteiger partial charge < -0.3 is 15.5 Å². The molecule has 17 heavy (non-hydrogen) atoms. The highest BCUT2D eigenvalue weighted by Crippen LogP contribution is 2.42. The van der Waals surface area contributed by atoms with Crippen LogP contribution in [0.1, 0.15) is 33.6 Å². The van der Waals surface area contributed by atoms with Gasteiger partial charge in [0.25, 0.3) is 0 Å². The maximum Gasteiger partial charge on any atom is 0.325 e. The number of carboxylic acid groups (broad SMARTS) is 1. The number of nitrogens with one attached hydrogen (secondary N) is 1. The van der Waals surface area contributed by atoms with Crippen molar-refractivity contribution in [1.29, 1.82) is 0 Å². The smallest absolute Gasteiger partial charge is 0.325 e. The van der Waals surface area contributed by atoms with Crippen molar-refractivity contribution >= 4 is 17.7 Å².